The second-order valence-electron chi connectivity index (χ2n) is 7.83. The highest BCUT2D eigenvalue weighted by molar-refractivity contribution is 9.10. The number of halogens is 1. The summed E-state index contributed by atoms with van der Waals surface area (Å²) in [6.45, 7) is 10.5. The van der Waals surface area contributed by atoms with Crippen molar-refractivity contribution in [3.8, 4) is 5.75 Å². The smallest absolute Gasteiger partial charge is 0.217 e. The molecule has 3 rings (SSSR count). The number of nitrogens with one attached hydrogen (secondary N) is 1. The summed E-state index contributed by atoms with van der Waals surface area (Å²) in [6.07, 6.45) is 1.21. The molecule has 28 heavy (non-hydrogen) atoms. The van der Waals surface area contributed by atoms with Gasteiger partial charge in [-0.3, -0.25) is 9.69 Å². The van der Waals surface area contributed by atoms with Gasteiger partial charge in [0.1, 0.15) is 5.75 Å². The van der Waals surface area contributed by atoms with Crippen LogP contribution in [-0.4, -0.2) is 23.5 Å². The first-order chi connectivity index (χ1) is 13.3. The number of hydrogen-bond donors (Lipinski definition) is 1. The summed E-state index contributed by atoms with van der Waals surface area (Å²) in [5.41, 5.74) is 5.22. The normalized spacial score (nSPS) is 15.2. The lowest BCUT2D eigenvalue weighted by Gasteiger charge is -2.30. The van der Waals surface area contributed by atoms with E-state index in [1.165, 1.54) is 22.3 Å². The highest BCUT2D eigenvalue weighted by Gasteiger charge is 2.19. The zero-order valence-electron chi connectivity index (χ0n) is 17.1. The average molecular weight is 445 g/mol. The standard InChI is InChI=1S/C23H29BrN2O2/c1-15(2)28-22-8-7-21(23(24)12-22)14-26-10-9-19-11-18(5-6-20(19)13-26)16(3)25-17(4)27/h5-8,11-12,15-16H,9-10,13-14H2,1-4H3,(H,25,27). The topological polar surface area (TPSA) is 41.6 Å². The van der Waals surface area contributed by atoms with Crippen LogP contribution in [0.3, 0.4) is 0 Å². The number of fused-ring (bicyclic) bond motifs is 1. The number of carbonyl (C=O) groups is 1. The summed E-state index contributed by atoms with van der Waals surface area (Å²) in [7, 11) is 0. The third-order valence-corrected chi connectivity index (χ3v) is 5.77. The molecule has 0 fully saturated rings. The average Bonchev–Trinajstić information content (AvgIpc) is 2.62. The fourth-order valence-corrected chi connectivity index (χ4v) is 4.15. The van der Waals surface area contributed by atoms with E-state index in [9.17, 15) is 4.79 Å². The molecule has 0 saturated heterocycles. The van der Waals surface area contributed by atoms with Gasteiger partial charge in [0, 0.05) is 31.0 Å². The van der Waals surface area contributed by atoms with Gasteiger partial charge in [-0.25, -0.2) is 0 Å². The molecule has 1 amide bonds. The molecule has 2 aromatic carbocycles. The third-order valence-electron chi connectivity index (χ3n) is 5.03. The van der Waals surface area contributed by atoms with Gasteiger partial charge in [0.25, 0.3) is 0 Å². The number of ether oxygens (including phenoxy) is 1. The number of benzene rings is 2. The minimum Gasteiger partial charge on any atom is -0.491 e. The van der Waals surface area contributed by atoms with Gasteiger partial charge in [-0.1, -0.05) is 40.2 Å². The van der Waals surface area contributed by atoms with Gasteiger partial charge in [0.2, 0.25) is 5.91 Å². The molecule has 0 bridgehead atoms. The summed E-state index contributed by atoms with van der Waals surface area (Å²) in [6, 6.07) is 12.9. The molecule has 1 heterocycles. The number of hydrogen-bond acceptors (Lipinski definition) is 3. The van der Waals surface area contributed by atoms with E-state index < -0.39 is 0 Å². The maximum absolute atomic E-state index is 11.3. The number of rotatable bonds is 6. The van der Waals surface area contributed by atoms with Crippen molar-refractivity contribution in [1.82, 2.24) is 10.2 Å². The number of nitrogens with zero attached hydrogens (tertiary/aromatic N) is 1. The Balaban J connectivity index is 1.66. The minimum absolute atomic E-state index is 0.00628. The van der Waals surface area contributed by atoms with Gasteiger partial charge in [0.05, 0.1) is 12.1 Å². The zero-order chi connectivity index (χ0) is 20.3. The second-order valence-corrected chi connectivity index (χ2v) is 8.69. The predicted molar refractivity (Wildman–Crippen MR) is 116 cm³/mol. The lowest BCUT2D eigenvalue weighted by atomic mass is 9.95. The van der Waals surface area contributed by atoms with Crippen LogP contribution in [0.25, 0.3) is 0 Å². The van der Waals surface area contributed by atoms with E-state index in [1.807, 2.05) is 26.8 Å². The van der Waals surface area contributed by atoms with E-state index in [0.717, 1.165) is 36.3 Å². The van der Waals surface area contributed by atoms with E-state index in [2.05, 4.69) is 56.5 Å². The van der Waals surface area contributed by atoms with Crippen LogP contribution in [0.5, 0.6) is 5.75 Å². The predicted octanol–water partition coefficient (Wildman–Crippen LogP) is 4.99. The Hall–Kier alpha value is -1.85. The molecule has 0 aliphatic carbocycles. The Labute approximate surface area is 176 Å². The van der Waals surface area contributed by atoms with Gasteiger partial charge in [-0.2, -0.15) is 0 Å². The van der Waals surface area contributed by atoms with E-state index >= 15 is 0 Å². The molecule has 0 radical (unpaired) electrons. The van der Waals surface area contributed by atoms with Crippen LogP contribution >= 0.6 is 15.9 Å². The Morgan fingerprint density at radius 3 is 2.64 bits per heavy atom. The summed E-state index contributed by atoms with van der Waals surface area (Å²) in [4.78, 5) is 13.8. The van der Waals surface area contributed by atoms with Crippen LogP contribution in [0, 0.1) is 0 Å². The van der Waals surface area contributed by atoms with Gasteiger partial charge >= 0.3 is 0 Å². The molecule has 1 N–H and O–H groups in total. The maximum Gasteiger partial charge on any atom is 0.217 e. The summed E-state index contributed by atoms with van der Waals surface area (Å²) in [5.74, 6) is 0.905. The minimum atomic E-state index is 0.00628. The van der Waals surface area contributed by atoms with Crippen LogP contribution in [0.1, 0.15) is 56.0 Å². The monoisotopic (exact) mass is 444 g/mol. The molecule has 5 heteroatoms. The van der Waals surface area contributed by atoms with Crippen molar-refractivity contribution < 1.29 is 9.53 Å². The second kappa shape index (κ2) is 9.10. The van der Waals surface area contributed by atoms with Crippen LogP contribution in [0.4, 0.5) is 0 Å². The molecule has 150 valence electrons. The molecule has 0 saturated carbocycles. The zero-order valence-corrected chi connectivity index (χ0v) is 18.7. The first kappa shape index (κ1) is 20.9. The molecule has 1 atom stereocenters. The molecular weight excluding hydrogens is 416 g/mol. The number of carbonyl (C=O) groups excluding carboxylic acids is 1. The van der Waals surface area contributed by atoms with Crippen molar-refractivity contribution in [3.05, 3.63) is 63.1 Å². The Bertz CT molecular complexity index is 850. The van der Waals surface area contributed by atoms with Crippen molar-refractivity contribution in [3.63, 3.8) is 0 Å². The van der Waals surface area contributed by atoms with E-state index in [1.54, 1.807) is 6.92 Å². The molecular formula is C23H29BrN2O2. The van der Waals surface area contributed by atoms with E-state index in [-0.39, 0.29) is 18.1 Å². The van der Waals surface area contributed by atoms with Gasteiger partial charge in [0.15, 0.2) is 0 Å². The molecule has 1 aliphatic rings. The fraction of sp³-hybridized carbons (Fsp3) is 0.435. The molecule has 0 spiro atoms. The fourth-order valence-electron chi connectivity index (χ4n) is 3.67. The van der Waals surface area contributed by atoms with Crippen LogP contribution in [0.2, 0.25) is 0 Å². The molecule has 2 aromatic rings. The van der Waals surface area contributed by atoms with E-state index in [0.29, 0.717) is 0 Å². The quantitative estimate of drug-likeness (QED) is 0.681. The van der Waals surface area contributed by atoms with Gasteiger partial charge < -0.3 is 10.1 Å². The molecule has 1 unspecified atom stereocenters. The van der Waals surface area contributed by atoms with Crippen molar-refractivity contribution >= 4 is 21.8 Å². The lowest BCUT2D eigenvalue weighted by molar-refractivity contribution is -0.119. The van der Waals surface area contributed by atoms with Crippen molar-refractivity contribution in [2.45, 2.75) is 59.4 Å². The Kier molecular flexibility index (Phi) is 6.78. The van der Waals surface area contributed by atoms with Crippen molar-refractivity contribution in [1.29, 1.82) is 0 Å². The molecule has 4 nitrogen and oxygen atoms in total. The van der Waals surface area contributed by atoms with Crippen molar-refractivity contribution in [2.75, 3.05) is 6.54 Å². The largest absolute Gasteiger partial charge is 0.491 e. The van der Waals surface area contributed by atoms with Crippen LogP contribution in [-0.2, 0) is 24.3 Å². The van der Waals surface area contributed by atoms with Crippen LogP contribution < -0.4 is 10.1 Å². The summed E-state index contributed by atoms with van der Waals surface area (Å²) in [5, 5.41) is 2.96. The Morgan fingerprint density at radius 2 is 1.96 bits per heavy atom. The SMILES string of the molecule is CC(=O)NC(C)c1ccc2c(c1)CCN(Cc1ccc(OC(C)C)cc1Br)C2. The molecule has 0 aromatic heterocycles. The highest BCUT2D eigenvalue weighted by atomic mass is 79.9. The summed E-state index contributed by atoms with van der Waals surface area (Å²) >= 11 is 3.70. The van der Waals surface area contributed by atoms with Crippen LogP contribution in [0.15, 0.2) is 40.9 Å². The van der Waals surface area contributed by atoms with Gasteiger partial charge in [-0.15, -0.1) is 0 Å². The van der Waals surface area contributed by atoms with E-state index in [4.69, 9.17) is 4.74 Å². The number of amides is 1. The molecule has 1 aliphatic heterocycles. The first-order valence-electron chi connectivity index (χ1n) is 9.88. The Morgan fingerprint density at radius 1 is 1.18 bits per heavy atom. The lowest BCUT2D eigenvalue weighted by Crippen LogP contribution is -2.30. The summed E-state index contributed by atoms with van der Waals surface area (Å²) < 4.78 is 6.86. The first-order valence-corrected chi connectivity index (χ1v) is 10.7. The highest BCUT2D eigenvalue weighted by Crippen LogP contribution is 2.28. The maximum atomic E-state index is 11.3. The van der Waals surface area contributed by atoms with Gasteiger partial charge in [-0.05, 0) is 61.6 Å². The third kappa shape index (κ3) is 5.36. The van der Waals surface area contributed by atoms with Crippen molar-refractivity contribution in [2.24, 2.45) is 0 Å².